The number of carbonyl (C=O) groups excluding carboxylic acids is 2. The van der Waals surface area contributed by atoms with Crippen molar-refractivity contribution in [2.45, 2.75) is 45.3 Å². The Bertz CT molecular complexity index is 1600. The number of rotatable bonds is 6. The van der Waals surface area contributed by atoms with Crippen LogP contribution in [-0.4, -0.2) is 23.1 Å². The maximum atomic E-state index is 13.2. The molecule has 4 aromatic rings. The molecule has 0 radical (unpaired) electrons. The van der Waals surface area contributed by atoms with E-state index in [0.29, 0.717) is 34.9 Å². The van der Waals surface area contributed by atoms with Crippen LogP contribution in [0, 0.1) is 6.92 Å². The summed E-state index contributed by atoms with van der Waals surface area (Å²) in [5.41, 5.74) is 5.95. The monoisotopic (exact) mass is 478 g/mol. The standard InChI is InChI=1S/C30H26N2O4/c1-17-11-24(18(2)31-26-6-4-3-5-20(26)16-33)29-25(12-17)27(34)14-28(36-29)19-7-10-23-21(13-19)15-32(30(23)35)22-8-9-22/h3-7,10-14,16,18,22,31H,8-9,15H2,1-2H3. The smallest absolute Gasteiger partial charge is 0.254 e. The highest BCUT2D eigenvalue weighted by Crippen LogP contribution is 2.37. The summed E-state index contributed by atoms with van der Waals surface area (Å²) in [6.07, 6.45) is 2.96. The maximum Gasteiger partial charge on any atom is 0.254 e. The molecule has 1 N–H and O–H groups in total. The lowest BCUT2D eigenvalue weighted by Gasteiger charge is -2.19. The molecule has 1 atom stereocenters. The highest BCUT2D eigenvalue weighted by molar-refractivity contribution is 5.99. The van der Waals surface area contributed by atoms with Crippen LogP contribution in [0.1, 0.15) is 63.2 Å². The Labute approximate surface area is 208 Å². The van der Waals surface area contributed by atoms with Crippen molar-refractivity contribution in [3.63, 3.8) is 0 Å². The molecule has 2 aliphatic rings. The van der Waals surface area contributed by atoms with Gasteiger partial charge in [-0.1, -0.05) is 24.3 Å². The first kappa shape index (κ1) is 22.3. The minimum atomic E-state index is -0.225. The average Bonchev–Trinajstić information content (AvgIpc) is 3.67. The zero-order valence-corrected chi connectivity index (χ0v) is 20.2. The Morgan fingerprint density at radius 2 is 1.86 bits per heavy atom. The Hall–Kier alpha value is -4.19. The molecule has 1 aromatic heterocycles. The molecule has 6 heteroatoms. The SMILES string of the molecule is Cc1cc(C(C)Nc2ccccc2C=O)c2oc(-c3ccc4c(c3)CN(C3CC3)C4=O)cc(=O)c2c1. The highest BCUT2D eigenvalue weighted by atomic mass is 16.3. The average molecular weight is 479 g/mol. The van der Waals surface area contributed by atoms with Crippen molar-refractivity contribution < 1.29 is 14.0 Å². The van der Waals surface area contributed by atoms with E-state index in [1.165, 1.54) is 6.07 Å². The largest absolute Gasteiger partial charge is 0.455 e. The van der Waals surface area contributed by atoms with Crippen LogP contribution >= 0.6 is 0 Å². The maximum absolute atomic E-state index is 13.2. The van der Waals surface area contributed by atoms with Crippen LogP contribution in [0.2, 0.25) is 0 Å². The molecule has 1 unspecified atom stereocenters. The molecule has 0 saturated heterocycles. The molecule has 1 aliphatic heterocycles. The van der Waals surface area contributed by atoms with E-state index in [1.807, 2.05) is 67.3 Å². The summed E-state index contributed by atoms with van der Waals surface area (Å²) in [5, 5.41) is 3.92. The van der Waals surface area contributed by atoms with Crippen LogP contribution < -0.4 is 10.7 Å². The van der Waals surface area contributed by atoms with Gasteiger partial charge in [0.1, 0.15) is 11.3 Å². The summed E-state index contributed by atoms with van der Waals surface area (Å²) >= 11 is 0. The Balaban J connectivity index is 1.42. The second-order valence-corrected chi connectivity index (χ2v) is 9.81. The summed E-state index contributed by atoms with van der Waals surface area (Å²) in [6.45, 7) is 4.54. The predicted octanol–water partition coefficient (Wildman–Crippen LogP) is 5.87. The quantitative estimate of drug-likeness (QED) is 0.351. The van der Waals surface area contributed by atoms with E-state index in [-0.39, 0.29) is 17.4 Å². The third kappa shape index (κ3) is 3.79. The van der Waals surface area contributed by atoms with Gasteiger partial charge < -0.3 is 14.6 Å². The first-order valence-corrected chi connectivity index (χ1v) is 12.3. The lowest BCUT2D eigenvalue weighted by molar-refractivity contribution is 0.0766. The van der Waals surface area contributed by atoms with Gasteiger partial charge in [-0.2, -0.15) is 0 Å². The third-order valence-corrected chi connectivity index (χ3v) is 7.14. The summed E-state index contributed by atoms with van der Waals surface area (Å²) in [4.78, 5) is 39.4. The number of para-hydroxylation sites is 1. The van der Waals surface area contributed by atoms with E-state index in [9.17, 15) is 14.4 Å². The fourth-order valence-corrected chi connectivity index (χ4v) is 5.12. The third-order valence-electron chi connectivity index (χ3n) is 7.14. The summed E-state index contributed by atoms with van der Waals surface area (Å²) in [5.74, 6) is 0.561. The Morgan fingerprint density at radius 3 is 2.64 bits per heavy atom. The highest BCUT2D eigenvalue weighted by Gasteiger charge is 2.38. The van der Waals surface area contributed by atoms with Gasteiger partial charge in [0.2, 0.25) is 0 Å². The van der Waals surface area contributed by atoms with E-state index in [4.69, 9.17) is 4.42 Å². The number of nitrogens with zero attached hydrogens (tertiary/aromatic N) is 1. The summed E-state index contributed by atoms with van der Waals surface area (Å²) in [7, 11) is 0. The molecule has 1 saturated carbocycles. The molecule has 0 bridgehead atoms. The molecule has 6 rings (SSSR count). The molecule has 6 nitrogen and oxygen atoms in total. The first-order valence-electron chi connectivity index (χ1n) is 12.3. The van der Waals surface area contributed by atoms with Crippen LogP contribution in [0.15, 0.2) is 69.9 Å². The van der Waals surface area contributed by atoms with E-state index < -0.39 is 0 Å². The fourth-order valence-electron chi connectivity index (χ4n) is 5.12. The zero-order chi connectivity index (χ0) is 25.0. The number of amides is 1. The number of hydrogen-bond acceptors (Lipinski definition) is 5. The minimum absolute atomic E-state index is 0.0901. The number of aryl methyl sites for hydroxylation is 1. The number of benzene rings is 3. The van der Waals surface area contributed by atoms with Gasteiger partial charge in [-0.3, -0.25) is 14.4 Å². The van der Waals surface area contributed by atoms with Crippen molar-refractivity contribution in [2.24, 2.45) is 0 Å². The van der Waals surface area contributed by atoms with Crippen LogP contribution in [0.5, 0.6) is 0 Å². The fraction of sp³-hybridized carbons (Fsp3) is 0.233. The van der Waals surface area contributed by atoms with Gasteiger partial charge in [-0.25, -0.2) is 0 Å². The van der Waals surface area contributed by atoms with Gasteiger partial charge in [0, 0.05) is 46.6 Å². The van der Waals surface area contributed by atoms with Gasteiger partial charge in [0.15, 0.2) is 11.7 Å². The van der Waals surface area contributed by atoms with Crippen LogP contribution in [0.4, 0.5) is 5.69 Å². The van der Waals surface area contributed by atoms with Crippen LogP contribution in [0.3, 0.4) is 0 Å². The molecule has 0 spiro atoms. The molecular weight excluding hydrogens is 452 g/mol. The minimum Gasteiger partial charge on any atom is -0.455 e. The molecule has 1 amide bonds. The van der Waals surface area contributed by atoms with Gasteiger partial charge in [0.25, 0.3) is 5.91 Å². The second kappa shape index (κ2) is 8.48. The Morgan fingerprint density at radius 1 is 1.06 bits per heavy atom. The predicted molar refractivity (Wildman–Crippen MR) is 139 cm³/mol. The summed E-state index contributed by atoms with van der Waals surface area (Å²) in [6, 6.07) is 18.5. The normalized spacial score (nSPS) is 15.7. The van der Waals surface area contributed by atoms with E-state index in [0.717, 1.165) is 52.6 Å². The molecule has 1 aliphatic carbocycles. The van der Waals surface area contributed by atoms with Crippen molar-refractivity contribution in [1.29, 1.82) is 0 Å². The van der Waals surface area contributed by atoms with Gasteiger partial charge >= 0.3 is 0 Å². The lowest BCUT2D eigenvalue weighted by atomic mass is 9.99. The first-order chi connectivity index (χ1) is 17.4. The van der Waals surface area contributed by atoms with Crippen LogP contribution in [-0.2, 0) is 6.54 Å². The molecule has 180 valence electrons. The lowest BCUT2D eigenvalue weighted by Crippen LogP contribution is -2.25. The van der Waals surface area contributed by atoms with E-state index >= 15 is 0 Å². The topological polar surface area (TPSA) is 79.6 Å². The van der Waals surface area contributed by atoms with Crippen molar-refractivity contribution in [1.82, 2.24) is 4.90 Å². The Kier molecular flexibility index (Phi) is 5.25. The molecule has 1 fully saturated rings. The number of hydrogen-bond donors (Lipinski definition) is 1. The number of aldehydes is 1. The molecule has 3 aromatic carbocycles. The molecule has 36 heavy (non-hydrogen) atoms. The zero-order valence-electron chi connectivity index (χ0n) is 20.2. The van der Waals surface area contributed by atoms with Gasteiger partial charge in [-0.15, -0.1) is 0 Å². The van der Waals surface area contributed by atoms with Crippen LogP contribution in [0.25, 0.3) is 22.3 Å². The van der Waals surface area contributed by atoms with Gasteiger partial charge in [0.05, 0.1) is 11.4 Å². The molecular formula is C30H26N2O4. The van der Waals surface area contributed by atoms with Crippen molar-refractivity contribution in [2.75, 3.05) is 5.32 Å². The van der Waals surface area contributed by atoms with E-state index in [2.05, 4.69) is 5.32 Å². The number of anilines is 1. The van der Waals surface area contributed by atoms with Crippen molar-refractivity contribution in [3.8, 4) is 11.3 Å². The number of nitrogens with one attached hydrogen (secondary N) is 1. The number of fused-ring (bicyclic) bond motifs is 2. The summed E-state index contributed by atoms with van der Waals surface area (Å²) < 4.78 is 6.40. The number of carbonyl (C=O) groups is 2. The molecule has 2 heterocycles. The van der Waals surface area contributed by atoms with Gasteiger partial charge in [-0.05, 0) is 68.1 Å². The van der Waals surface area contributed by atoms with Crippen molar-refractivity contribution >= 4 is 28.8 Å². The van der Waals surface area contributed by atoms with Crippen molar-refractivity contribution in [3.05, 3.63) is 98.7 Å². The second-order valence-electron chi connectivity index (χ2n) is 9.81. The van der Waals surface area contributed by atoms with E-state index in [1.54, 1.807) is 6.07 Å².